The molecule has 0 radical (unpaired) electrons. The molecule has 5 heterocycles. The van der Waals surface area contributed by atoms with Crippen LogP contribution in [0.25, 0.3) is 11.9 Å². The van der Waals surface area contributed by atoms with Gasteiger partial charge in [0.05, 0.1) is 17.9 Å². The molecule has 0 bridgehead atoms. The van der Waals surface area contributed by atoms with E-state index < -0.39 is 5.97 Å². The molecule has 8 nitrogen and oxygen atoms in total. The monoisotopic (exact) mass is 325 g/mol. The van der Waals surface area contributed by atoms with E-state index in [4.69, 9.17) is 5.11 Å². The number of aryl methyl sites for hydroxylation is 2. The Morgan fingerprint density at radius 1 is 1.33 bits per heavy atom. The van der Waals surface area contributed by atoms with Gasteiger partial charge in [0, 0.05) is 18.5 Å². The Labute approximate surface area is 136 Å². The lowest BCUT2D eigenvalue weighted by Gasteiger charge is -2.38. The number of hydrogen-bond acceptors (Lipinski definition) is 4. The third-order valence-electron chi connectivity index (χ3n) is 4.95. The number of aromatic nitrogens is 4. The van der Waals surface area contributed by atoms with Gasteiger partial charge in [-0.3, -0.25) is 14.4 Å². The maximum atomic E-state index is 12.2. The lowest BCUT2D eigenvalue weighted by Crippen LogP contribution is -2.52. The number of hydrogen-bond donors (Lipinski definition) is 1. The molecule has 0 aliphatic carbocycles. The fourth-order valence-electron chi connectivity index (χ4n) is 3.80. The number of amides is 1. The van der Waals surface area contributed by atoms with E-state index in [1.165, 1.54) is 4.90 Å². The van der Waals surface area contributed by atoms with Crippen molar-refractivity contribution in [3.8, 4) is 0 Å². The Hall–Kier alpha value is -2.90. The number of carbonyl (C=O) groups excluding carboxylic acids is 1. The van der Waals surface area contributed by atoms with Crippen molar-refractivity contribution in [3.63, 3.8) is 0 Å². The van der Waals surface area contributed by atoms with Crippen LogP contribution < -0.4 is 0 Å². The van der Waals surface area contributed by atoms with Crippen LogP contribution in [0.3, 0.4) is 0 Å². The highest BCUT2D eigenvalue weighted by Crippen LogP contribution is 2.38. The van der Waals surface area contributed by atoms with Gasteiger partial charge in [0.1, 0.15) is 11.5 Å². The summed E-state index contributed by atoms with van der Waals surface area (Å²) in [6, 6.07) is -0.172. The SMILES string of the molecule is O=C(O)C1=CC[C@@H]2C(=Cc3cn4c(n3)nc3n4CCCC3)C(=O)N12. The molecule has 1 saturated heterocycles. The molecule has 122 valence electrons. The summed E-state index contributed by atoms with van der Waals surface area (Å²) in [5.74, 6) is 0.400. The topological polar surface area (TPSA) is 92.7 Å². The zero-order valence-corrected chi connectivity index (χ0v) is 12.8. The van der Waals surface area contributed by atoms with E-state index in [1.54, 1.807) is 12.2 Å². The van der Waals surface area contributed by atoms with Crippen molar-refractivity contribution in [1.29, 1.82) is 0 Å². The Morgan fingerprint density at radius 2 is 2.21 bits per heavy atom. The number of carboxylic acid groups (broad SMARTS) is 1. The first kappa shape index (κ1) is 13.5. The molecule has 5 rings (SSSR count). The smallest absolute Gasteiger partial charge is 0.352 e. The summed E-state index contributed by atoms with van der Waals surface area (Å²) in [4.78, 5) is 33.7. The van der Waals surface area contributed by atoms with E-state index in [1.807, 2.05) is 10.7 Å². The first-order valence-electron chi connectivity index (χ1n) is 8.07. The van der Waals surface area contributed by atoms with E-state index in [0.29, 0.717) is 23.5 Å². The summed E-state index contributed by atoms with van der Waals surface area (Å²) >= 11 is 0. The molecule has 0 aromatic carbocycles. The summed E-state index contributed by atoms with van der Waals surface area (Å²) in [6.07, 6.45) is 9.05. The van der Waals surface area contributed by atoms with Crippen molar-refractivity contribution in [2.75, 3.05) is 0 Å². The summed E-state index contributed by atoms with van der Waals surface area (Å²) < 4.78 is 4.07. The molecule has 1 atom stereocenters. The van der Waals surface area contributed by atoms with Crippen LogP contribution in [0.2, 0.25) is 0 Å². The Kier molecular flexibility index (Phi) is 2.57. The summed E-state index contributed by atoms with van der Waals surface area (Å²) in [7, 11) is 0. The molecule has 3 aliphatic heterocycles. The van der Waals surface area contributed by atoms with Crippen LogP contribution in [0.4, 0.5) is 0 Å². The molecule has 0 spiro atoms. The number of imidazole rings is 1. The zero-order chi connectivity index (χ0) is 16.4. The van der Waals surface area contributed by atoms with E-state index in [2.05, 4.69) is 14.6 Å². The summed E-state index contributed by atoms with van der Waals surface area (Å²) in [5.41, 5.74) is 1.38. The Bertz CT molecular complexity index is 964. The highest BCUT2D eigenvalue weighted by molar-refractivity contribution is 6.10. The van der Waals surface area contributed by atoms with Crippen LogP contribution in [0.15, 0.2) is 23.5 Å². The molecule has 8 heteroatoms. The maximum absolute atomic E-state index is 12.2. The second-order valence-electron chi connectivity index (χ2n) is 6.34. The van der Waals surface area contributed by atoms with Gasteiger partial charge in [-0.05, 0) is 25.3 Å². The van der Waals surface area contributed by atoms with Crippen LogP contribution in [-0.4, -0.2) is 47.1 Å². The van der Waals surface area contributed by atoms with Gasteiger partial charge in [0.2, 0.25) is 0 Å². The van der Waals surface area contributed by atoms with Gasteiger partial charge in [-0.15, -0.1) is 0 Å². The Balaban J connectivity index is 1.47. The number of carbonyl (C=O) groups is 2. The maximum Gasteiger partial charge on any atom is 0.352 e. The predicted octanol–water partition coefficient (Wildman–Crippen LogP) is 0.833. The van der Waals surface area contributed by atoms with Crippen LogP contribution in [0, 0.1) is 0 Å². The van der Waals surface area contributed by atoms with Crippen LogP contribution in [0.5, 0.6) is 0 Å². The fraction of sp³-hybridized carbons (Fsp3) is 0.375. The fourth-order valence-corrected chi connectivity index (χ4v) is 3.80. The lowest BCUT2D eigenvalue weighted by atomic mass is 9.94. The standard InChI is InChI=1S/C16H15N5O3/c22-14-10(11-4-5-12(15(23)24)21(11)14)7-9-8-20-16(17-9)18-13-3-1-2-6-19(13)20/h5,7-8,11H,1-4,6H2,(H,23,24)/t11-/m1/s1. The second-order valence-corrected chi connectivity index (χ2v) is 6.34. The molecule has 2 aromatic rings. The molecule has 1 amide bonds. The van der Waals surface area contributed by atoms with Gasteiger partial charge in [-0.25, -0.2) is 14.3 Å². The van der Waals surface area contributed by atoms with E-state index in [9.17, 15) is 9.59 Å². The summed E-state index contributed by atoms with van der Waals surface area (Å²) in [5, 5.41) is 9.10. The molecule has 3 aliphatic rings. The first-order valence-corrected chi connectivity index (χ1v) is 8.07. The highest BCUT2D eigenvalue weighted by atomic mass is 16.4. The van der Waals surface area contributed by atoms with E-state index in [0.717, 1.165) is 31.6 Å². The summed E-state index contributed by atoms with van der Waals surface area (Å²) in [6.45, 7) is 0.930. The van der Waals surface area contributed by atoms with Crippen molar-refractivity contribution >= 4 is 23.7 Å². The zero-order valence-electron chi connectivity index (χ0n) is 12.8. The minimum Gasteiger partial charge on any atom is -0.477 e. The predicted molar refractivity (Wildman–Crippen MR) is 82.9 cm³/mol. The van der Waals surface area contributed by atoms with Crippen LogP contribution in [-0.2, 0) is 22.6 Å². The van der Waals surface area contributed by atoms with Gasteiger partial charge in [0.25, 0.3) is 11.7 Å². The molecule has 0 unspecified atom stereocenters. The third-order valence-corrected chi connectivity index (χ3v) is 4.95. The average molecular weight is 325 g/mol. The highest BCUT2D eigenvalue weighted by Gasteiger charge is 2.48. The number of rotatable bonds is 2. The second kappa shape index (κ2) is 4.56. The number of carboxylic acids is 1. The molecule has 2 aromatic heterocycles. The van der Waals surface area contributed by atoms with Crippen molar-refractivity contribution < 1.29 is 14.7 Å². The lowest BCUT2D eigenvalue weighted by molar-refractivity contribution is -0.142. The number of β-lactam (4-membered cyclic amide) rings is 1. The van der Waals surface area contributed by atoms with Crippen molar-refractivity contribution in [2.24, 2.45) is 0 Å². The van der Waals surface area contributed by atoms with Crippen molar-refractivity contribution in [2.45, 2.75) is 38.3 Å². The molecule has 24 heavy (non-hydrogen) atoms. The largest absolute Gasteiger partial charge is 0.477 e. The first-order chi connectivity index (χ1) is 11.6. The van der Waals surface area contributed by atoms with E-state index in [-0.39, 0.29) is 17.6 Å². The van der Waals surface area contributed by atoms with Crippen molar-refractivity contribution in [3.05, 3.63) is 35.1 Å². The van der Waals surface area contributed by atoms with Gasteiger partial charge in [0.15, 0.2) is 0 Å². The number of fused-ring (bicyclic) bond motifs is 4. The van der Waals surface area contributed by atoms with Gasteiger partial charge in [-0.2, -0.15) is 4.98 Å². The van der Waals surface area contributed by atoms with Crippen LogP contribution in [0.1, 0.15) is 30.8 Å². The molecular formula is C16H15N5O3. The van der Waals surface area contributed by atoms with Gasteiger partial charge >= 0.3 is 5.97 Å². The molecular weight excluding hydrogens is 310 g/mol. The molecule has 0 saturated carbocycles. The minimum atomic E-state index is -1.06. The number of aliphatic carboxylic acids is 1. The normalized spacial score (nSPS) is 24.1. The van der Waals surface area contributed by atoms with E-state index >= 15 is 0 Å². The van der Waals surface area contributed by atoms with Gasteiger partial charge in [-0.1, -0.05) is 6.08 Å². The minimum absolute atomic E-state index is 0.0806. The van der Waals surface area contributed by atoms with Gasteiger partial charge < -0.3 is 5.11 Å². The quantitative estimate of drug-likeness (QED) is 0.652. The molecule has 1 N–H and O–H groups in total. The molecule has 1 fully saturated rings. The number of nitrogens with zero attached hydrogens (tertiary/aromatic N) is 5. The van der Waals surface area contributed by atoms with Crippen LogP contribution >= 0.6 is 0 Å². The van der Waals surface area contributed by atoms with Crippen molar-refractivity contribution in [1.82, 2.24) is 24.1 Å². The Morgan fingerprint density at radius 3 is 3.04 bits per heavy atom. The average Bonchev–Trinajstić information content (AvgIpc) is 3.22. The third kappa shape index (κ3) is 1.68.